The first kappa shape index (κ1) is 19.5. The fourth-order valence-corrected chi connectivity index (χ4v) is 3.85. The van der Waals surface area contributed by atoms with E-state index in [0.29, 0.717) is 5.95 Å². The third-order valence-electron chi connectivity index (χ3n) is 5.64. The quantitative estimate of drug-likeness (QED) is 0.687. The first-order valence-electron chi connectivity index (χ1n) is 10.5. The molecule has 0 amide bonds. The average Bonchev–Trinajstić information content (AvgIpc) is 2.76. The number of rotatable bonds is 6. The zero-order valence-corrected chi connectivity index (χ0v) is 17.6. The number of fused-ring (bicyclic) bond motifs is 1. The lowest BCUT2D eigenvalue weighted by Crippen LogP contribution is -2.45. The summed E-state index contributed by atoms with van der Waals surface area (Å²) in [7, 11) is 2.17. The topological polar surface area (TPSA) is 47.5 Å². The Labute approximate surface area is 173 Å². The molecule has 0 unspecified atom stereocenters. The lowest BCUT2D eigenvalue weighted by molar-refractivity contribution is 0.312. The molecule has 1 N–H and O–H groups in total. The van der Waals surface area contributed by atoms with Gasteiger partial charge in [-0.1, -0.05) is 12.1 Å². The fraction of sp³-hybridized carbons (Fsp3) is 0.391. The van der Waals surface area contributed by atoms with Gasteiger partial charge in [0.25, 0.3) is 0 Å². The minimum Gasteiger partial charge on any atom is -0.372 e. The van der Waals surface area contributed by atoms with E-state index >= 15 is 0 Å². The van der Waals surface area contributed by atoms with E-state index in [1.54, 1.807) is 0 Å². The zero-order chi connectivity index (χ0) is 20.2. The van der Waals surface area contributed by atoms with Crippen molar-refractivity contribution < 1.29 is 0 Å². The zero-order valence-electron chi connectivity index (χ0n) is 17.6. The van der Waals surface area contributed by atoms with Crippen LogP contribution in [0, 0.1) is 0 Å². The molecule has 0 atom stereocenters. The van der Waals surface area contributed by atoms with Gasteiger partial charge >= 0.3 is 0 Å². The standard InChI is InChI=1S/C23H30N6/c1-4-28(5-2)19-12-10-18(11-13-19)24-23-25-21-9-7-6-8-20(21)22(26-23)29-16-14-27(3)15-17-29/h6-13H,4-5,14-17H2,1-3H3,(H,24,25,26). The van der Waals surface area contributed by atoms with Crippen LogP contribution in [0.3, 0.4) is 0 Å². The van der Waals surface area contributed by atoms with E-state index in [4.69, 9.17) is 9.97 Å². The summed E-state index contributed by atoms with van der Waals surface area (Å²) < 4.78 is 0. The van der Waals surface area contributed by atoms with Gasteiger partial charge < -0.3 is 20.0 Å². The molecular formula is C23H30N6. The molecule has 1 saturated heterocycles. The van der Waals surface area contributed by atoms with Crippen molar-refractivity contribution in [3.8, 4) is 0 Å². The Hall–Kier alpha value is -2.86. The van der Waals surface area contributed by atoms with Crippen molar-refractivity contribution in [3.05, 3.63) is 48.5 Å². The van der Waals surface area contributed by atoms with Crippen LogP contribution < -0.4 is 15.1 Å². The van der Waals surface area contributed by atoms with E-state index in [9.17, 15) is 0 Å². The molecular weight excluding hydrogens is 360 g/mol. The van der Waals surface area contributed by atoms with Crippen molar-refractivity contribution in [2.75, 3.05) is 61.4 Å². The molecule has 4 rings (SSSR count). The van der Waals surface area contributed by atoms with E-state index in [1.807, 2.05) is 6.07 Å². The van der Waals surface area contributed by atoms with Gasteiger partial charge in [0, 0.05) is 56.0 Å². The van der Waals surface area contributed by atoms with Crippen LogP contribution in [0.15, 0.2) is 48.5 Å². The first-order chi connectivity index (χ1) is 14.2. The van der Waals surface area contributed by atoms with Gasteiger partial charge in [-0.3, -0.25) is 0 Å². The lowest BCUT2D eigenvalue weighted by atomic mass is 10.2. The van der Waals surface area contributed by atoms with Gasteiger partial charge in [-0.2, -0.15) is 4.98 Å². The van der Waals surface area contributed by atoms with Crippen molar-refractivity contribution in [1.82, 2.24) is 14.9 Å². The van der Waals surface area contributed by atoms with Gasteiger partial charge in [-0.05, 0) is 57.3 Å². The summed E-state index contributed by atoms with van der Waals surface area (Å²) in [6, 6.07) is 16.8. The predicted molar refractivity (Wildman–Crippen MR) is 123 cm³/mol. The number of likely N-dealkylation sites (N-methyl/N-ethyl adjacent to an activating group) is 1. The molecule has 3 aromatic rings. The van der Waals surface area contributed by atoms with Crippen molar-refractivity contribution >= 4 is 34.0 Å². The van der Waals surface area contributed by atoms with Gasteiger partial charge in [-0.15, -0.1) is 0 Å². The number of anilines is 4. The van der Waals surface area contributed by atoms with E-state index in [2.05, 4.69) is 83.4 Å². The Morgan fingerprint density at radius 2 is 1.59 bits per heavy atom. The minimum absolute atomic E-state index is 0.646. The summed E-state index contributed by atoms with van der Waals surface area (Å²) in [5.74, 6) is 1.67. The largest absolute Gasteiger partial charge is 0.372 e. The van der Waals surface area contributed by atoms with E-state index in [0.717, 1.165) is 61.7 Å². The van der Waals surface area contributed by atoms with Crippen molar-refractivity contribution in [2.24, 2.45) is 0 Å². The van der Waals surface area contributed by atoms with E-state index < -0.39 is 0 Å². The molecule has 1 fully saturated rings. The van der Waals surface area contributed by atoms with Gasteiger partial charge in [-0.25, -0.2) is 4.98 Å². The Bertz CT molecular complexity index is 943. The monoisotopic (exact) mass is 390 g/mol. The second-order valence-electron chi connectivity index (χ2n) is 7.52. The number of aromatic nitrogens is 2. The maximum atomic E-state index is 4.91. The molecule has 29 heavy (non-hydrogen) atoms. The molecule has 6 heteroatoms. The second kappa shape index (κ2) is 8.66. The normalized spacial score (nSPS) is 14.9. The molecule has 0 aliphatic carbocycles. The van der Waals surface area contributed by atoms with Crippen molar-refractivity contribution in [1.29, 1.82) is 0 Å². The van der Waals surface area contributed by atoms with Crippen molar-refractivity contribution in [2.45, 2.75) is 13.8 Å². The number of piperazine rings is 1. The minimum atomic E-state index is 0.646. The summed E-state index contributed by atoms with van der Waals surface area (Å²) >= 11 is 0. The van der Waals surface area contributed by atoms with Gasteiger partial charge in [0.2, 0.25) is 5.95 Å². The van der Waals surface area contributed by atoms with Gasteiger partial charge in [0.15, 0.2) is 0 Å². The lowest BCUT2D eigenvalue weighted by Gasteiger charge is -2.33. The smallest absolute Gasteiger partial charge is 0.229 e. The molecule has 6 nitrogen and oxygen atoms in total. The van der Waals surface area contributed by atoms with Crippen LogP contribution in [0.1, 0.15) is 13.8 Å². The highest BCUT2D eigenvalue weighted by Crippen LogP contribution is 2.28. The third kappa shape index (κ3) is 4.27. The molecule has 2 aromatic carbocycles. The highest BCUT2D eigenvalue weighted by atomic mass is 15.3. The van der Waals surface area contributed by atoms with Crippen LogP contribution in [0.4, 0.5) is 23.1 Å². The number of benzene rings is 2. The molecule has 1 aromatic heterocycles. The Kier molecular flexibility index (Phi) is 5.81. The number of nitrogens with one attached hydrogen (secondary N) is 1. The third-order valence-corrected chi connectivity index (χ3v) is 5.64. The van der Waals surface area contributed by atoms with E-state index in [1.165, 1.54) is 5.69 Å². The van der Waals surface area contributed by atoms with Crippen LogP contribution >= 0.6 is 0 Å². The molecule has 0 bridgehead atoms. The summed E-state index contributed by atoms with van der Waals surface area (Å²) in [6.45, 7) is 10.4. The van der Waals surface area contributed by atoms with Crippen LogP contribution in [-0.4, -0.2) is 61.2 Å². The predicted octanol–water partition coefficient (Wildman–Crippen LogP) is 3.97. The number of nitrogens with zero attached hydrogens (tertiary/aromatic N) is 5. The summed E-state index contributed by atoms with van der Waals surface area (Å²) in [5, 5.41) is 4.52. The van der Waals surface area contributed by atoms with Crippen LogP contribution in [0.5, 0.6) is 0 Å². The first-order valence-corrected chi connectivity index (χ1v) is 10.5. The molecule has 0 saturated carbocycles. The molecule has 2 heterocycles. The van der Waals surface area contributed by atoms with Gasteiger partial charge in [0.1, 0.15) is 5.82 Å². The molecule has 1 aliphatic rings. The summed E-state index contributed by atoms with van der Waals surface area (Å²) in [4.78, 5) is 16.7. The maximum absolute atomic E-state index is 4.91. The van der Waals surface area contributed by atoms with Gasteiger partial charge in [0.05, 0.1) is 5.52 Å². The molecule has 0 spiro atoms. The Morgan fingerprint density at radius 3 is 2.28 bits per heavy atom. The SMILES string of the molecule is CCN(CC)c1ccc(Nc2nc(N3CCN(C)CC3)c3ccccc3n2)cc1. The number of hydrogen-bond acceptors (Lipinski definition) is 6. The number of hydrogen-bond donors (Lipinski definition) is 1. The highest BCUT2D eigenvalue weighted by Gasteiger charge is 2.19. The Balaban J connectivity index is 1.62. The van der Waals surface area contributed by atoms with Crippen LogP contribution in [0.2, 0.25) is 0 Å². The number of para-hydroxylation sites is 1. The van der Waals surface area contributed by atoms with Crippen molar-refractivity contribution in [3.63, 3.8) is 0 Å². The molecule has 0 radical (unpaired) electrons. The summed E-state index contributed by atoms with van der Waals surface area (Å²) in [6.07, 6.45) is 0. The van der Waals surface area contributed by atoms with E-state index in [-0.39, 0.29) is 0 Å². The van der Waals surface area contributed by atoms with Crippen LogP contribution in [0.25, 0.3) is 10.9 Å². The average molecular weight is 391 g/mol. The maximum Gasteiger partial charge on any atom is 0.229 e. The Morgan fingerprint density at radius 1 is 0.897 bits per heavy atom. The molecule has 1 aliphatic heterocycles. The highest BCUT2D eigenvalue weighted by molar-refractivity contribution is 5.90. The molecule has 152 valence electrons. The fourth-order valence-electron chi connectivity index (χ4n) is 3.85. The second-order valence-corrected chi connectivity index (χ2v) is 7.52. The summed E-state index contributed by atoms with van der Waals surface area (Å²) in [5.41, 5.74) is 3.21. The van der Waals surface area contributed by atoms with Crippen LogP contribution in [-0.2, 0) is 0 Å².